The van der Waals surface area contributed by atoms with Gasteiger partial charge in [0.05, 0.1) is 6.10 Å². The van der Waals surface area contributed by atoms with E-state index in [9.17, 15) is 22.6 Å². The van der Waals surface area contributed by atoms with E-state index < -0.39 is 16.5 Å². The lowest BCUT2D eigenvalue weighted by atomic mass is 9.45. The zero-order valence-electron chi connectivity index (χ0n) is 15.4. The van der Waals surface area contributed by atoms with Crippen molar-refractivity contribution >= 4 is 22.0 Å². The molecule has 0 aromatic carbocycles. The van der Waals surface area contributed by atoms with E-state index in [2.05, 4.69) is 18.0 Å². The summed E-state index contributed by atoms with van der Waals surface area (Å²) in [5.41, 5.74) is -0.443. The molecule has 0 aliphatic heterocycles. The molecular formula is C19H27O6S-. The smallest absolute Gasteiger partial charge is 0.217 e. The van der Waals surface area contributed by atoms with Gasteiger partial charge in [-0.3, -0.25) is 13.8 Å². The fourth-order valence-corrected chi connectivity index (χ4v) is 7.54. The van der Waals surface area contributed by atoms with Crippen LogP contribution >= 0.6 is 0 Å². The first-order valence-corrected chi connectivity index (χ1v) is 11.1. The van der Waals surface area contributed by atoms with Crippen molar-refractivity contribution in [3.63, 3.8) is 0 Å². The molecule has 6 nitrogen and oxygen atoms in total. The van der Waals surface area contributed by atoms with E-state index in [-0.39, 0.29) is 28.4 Å². The Balaban J connectivity index is 1.60. The lowest BCUT2D eigenvalue weighted by molar-refractivity contribution is -0.159. The number of ketones is 2. The molecule has 146 valence electrons. The van der Waals surface area contributed by atoms with Gasteiger partial charge in [0, 0.05) is 24.2 Å². The molecular weight excluding hydrogens is 356 g/mol. The number of rotatable bonds is 2. The molecule has 0 aromatic heterocycles. The minimum atomic E-state index is -4.75. The zero-order valence-corrected chi connectivity index (χ0v) is 16.2. The number of carbonyl (C=O) groups is 2. The van der Waals surface area contributed by atoms with Gasteiger partial charge in [-0.2, -0.15) is 0 Å². The predicted molar refractivity (Wildman–Crippen MR) is 91.7 cm³/mol. The molecule has 4 saturated carbocycles. The molecule has 4 aliphatic rings. The highest BCUT2D eigenvalue weighted by Crippen LogP contribution is 2.64. The van der Waals surface area contributed by atoms with Gasteiger partial charge in [-0.25, -0.2) is 8.42 Å². The Kier molecular flexibility index (Phi) is 4.18. The van der Waals surface area contributed by atoms with E-state index in [1.54, 1.807) is 0 Å². The lowest BCUT2D eigenvalue weighted by Crippen LogP contribution is -2.57. The molecule has 0 saturated heterocycles. The van der Waals surface area contributed by atoms with Crippen LogP contribution in [0.2, 0.25) is 0 Å². The van der Waals surface area contributed by atoms with Crippen molar-refractivity contribution in [3.8, 4) is 0 Å². The largest absolute Gasteiger partial charge is 0.726 e. The lowest BCUT2D eigenvalue weighted by Gasteiger charge is -2.59. The highest BCUT2D eigenvalue weighted by molar-refractivity contribution is 7.80. The summed E-state index contributed by atoms with van der Waals surface area (Å²) in [4.78, 5) is 25.4. The Hall–Kier alpha value is -0.790. The van der Waals surface area contributed by atoms with Crippen molar-refractivity contribution in [2.24, 2.45) is 34.5 Å². The van der Waals surface area contributed by atoms with E-state index in [1.807, 2.05) is 0 Å². The fraction of sp³-hybridized carbons (Fsp3) is 0.895. The average Bonchev–Trinajstić information content (AvgIpc) is 2.83. The second kappa shape index (κ2) is 5.85. The molecule has 0 heterocycles. The van der Waals surface area contributed by atoms with Crippen LogP contribution in [0.25, 0.3) is 0 Å². The number of Topliss-reactive ketones (excluding diaryl/α,β-unsaturated/α-hetero) is 2. The van der Waals surface area contributed by atoms with Crippen molar-refractivity contribution in [2.75, 3.05) is 0 Å². The highest BCUT2D eigenvalue weighted by Gasteiger charge is 2.62. The van der Waals surface area contributed by atoms with Crippen LogP contribution < -0.4 is 0 Å². The predicted octanol–water partition coefficient (Wildman–Crippen LogP) is 2.62. The second-order valence-corrected chi connectivity index (χ2v) is 10.4. The third-order valence-electron chi connectivity index (χ3n) is 8.37. The molecule has 4 fully saturated rings. The quantitative estimate of drug-likeness (QED) is 0.537. The molecule has 0 radical (unpaired) electrons. The van der Waals surface area contributed by atoms with Crippen molar-refractivity contribution in [3.05, 3.63) is 0 Å². The zero-order chi connectivity index (χ0) is 18.9. The van der Waals surface area contributed by atoms with Gasteiger partial charge in [0.1, 0.15) is 11.6 Å². The van der Waals surface area contributed by atoms with Crippen LogP contribution in [-0.2, 0) is 24.2 Å². The Morgan fingerprint density at radius 3 is 2.50 bits per heavy atom. The number of fused-ring (bicyclic) bond motifs is 5. The number of hydrogen-bond acceptors (Lipinski definition) is 6. The molecule has 0 amide bonds. The molecule has 0 N–H and O–H groups in total. The fourth-order valence-electron chi connectivity index (χ4n) is 7.03. The van der Waals surface area contributed by atoms with Crippen LogP contribution in [0.4, 0.5) is 0 Å². The molecule has 26 heavy (non-hydrogen) atoms. The maximum absolute atomic E-state index is 13.0. The van der Waals surface area contributed by atoms with Crippen LogP contribution in [-0.4, -0.2) is 30.6 Å². The summed E-state index contributed by atoms with van der Waals surface area (Å²) in [6.07, 6.45) is 4.68. The van der Waals surface area contributed by atoms with Crippen LogP contribution in [0.3, 0.4) is 0 Å². The summed E-state index contributed by atoms with van der Waals surface area (Å²) in [7, 11) is -4.75. The van der Waals surface area contributed by atoms with Gasteiger partial charge in [-0.05, 0) is 61.7 Å². The van der Waals surface area contributed by atoms with Gasteiger partial charge in [0.2, 0.25) is 10.4 Å². The van der Waals surface area contributed by atoms with E-state index in [0.717, 1.165) is 19.3 Å². The van der Waals surface area contributed by atoms with E-state index in [0.29, 0.717) is 49.7 Å². The summed E-state index contributed by atoms with van der Waals surface area (Å²) in [6, 6.07) is 0. The molecule has 0 bridgehead atoms. The highest BCUT2D eigenvalue weighted by atomic mass is 32.3. The Morgan fingerprint density at radius 1 is 1.08 bits per heavy atom. The van der Waals surface area contributed by atoms with Crippen LogP contribution in [0.5, 0.6) is 0 Å². The Labute approximate surface area is 155 Å². The van der Waals surface area contributed by atoms with Gasteiger partial charge in [-0.1, -0.05) is 13.8 Å². The summed E-state index contributed by atoms with van der Waals surface area (Å²) < 4.78 is 37.5. The molecule has 7 heteroatoms. The molecule has 0 spiro atoms. The summed E-state index contributed by atoms with van der Waals surface area (Å²) in [5, 5.41) is 0. The SMILES string of the molecule is C[C@]12CC[C@H](OS(=O)(=O)[O-])CC1C(=O)C[C@@H]1[C@@H]2CC[C@]2(C)C(=O)CC[C@@H]12. The Bertz CT molecular complexity index is 745. The van der Waals surface area contributed by atoms with Crippen molar-refractivity contribution in [1.29, 1.82) is 0 Å². The van der Waals surface area contributed by atoms with Gasteiger partial charge in [0.15, 0.2) is 0 Å². The van der Waals surface area contributed by atoms with Crippen molar-refractivity contribution in [1.82, 2.24) is 0 Å². The van der Waals surface area contributed by atoms with Gasteiger partial charge in [-0.15, -0.1) is 0 Å². The van der Waals surface area contributed by atoms with Gasteiger partial charge in [0.25, 0.3) is 0 Å². The van der Waals surface area contributed by atoms with Gasteiger partial charge < -0.3 is 4.55 Å². The third-order valence-corrected chi connectivity index (χ3v) is 8.88. The summed E-state index contributed by atoms with van der Waals surface area (Å²) >= 11 is 0. The van der Waals surface area contributed by atoms with Gasteiger partial charge >= 0.3 is 0 Å². The first-order chi connectivity index (χ1) is 12.0. The third kappa shape index (κ3) is 2.69. The standard InChI is InChI=1S/C19H28O6S/c1-18-7-5-11(25-26(22,23)24)9-15(18)16(20)10-12-13-3-4-17(21)19(13,2)8-6-14(12)18/h11-15H,3-10H2,1-2H3,(H,22,23,24)/p-1/t11-,12-,13-,14-,15?,18+,19-/m0/s1. The monoisotopic (exact) mass is 383 g/mol. The van der Waals surface area contributed by atoms with Crippen LogP contribution in [0.15, 0.2) is 0 Å². The molecule has 4 rings (SSSR count). The minimum absolute atomic E-state index is 0.161. The van der Waals surface area contributed by atoms with Crippen molar-refractivity contribution in [2.45, 2.75) is 71.3 Å². The summed E-state index contributed by atoms with van der Waals surface area (Å²) in [6.45, 7) is 4.25. The maximum Gasteiger partial charge on any atom is 0.217 e. The van der Waals surface area contributed by atoms with Crippen LogP contribution in [0.1, 0.15) is 65.2 Å². The molecule has 1 unspecified atom stereocenters. The maximum atomic E-state index is 13.0. The molecule has 4 aliphatic carbocycles. The molecule has 7 atom stereocenters. The normalized spacial score (nSPS) is 48.7. The summed E-state index contributed by atoms with van der Waals surface area (Å²) in [5.74, 6) is 1.22. The van der Waals surface area contributed by atoms with Crippen molar-refractivity contribution < 1.29 is 26.7 Å². The number of carbonyl (C=O) groups excluding carboxylic acids is 2. The van der Waals surface area contributed by atoms with E-state index in [4.69, 9.17) is 0 Å². The van der Waals surface area contributed by atoms with E-state index >= 15 is 0 Å². The van der Waals surface area contributed by atoms with Crippen LogP contribution in [0, 0.1) is 34.5 Å². The Morgan fingerprint density at radius 2 is 1.81 bits per heavy atom. The van der Waals surface area contributed by atoms with E-state index in [1.165, 1.54) is 0 Å². The average molecular weight is 383 g/mol. The molecule has 0 aromatic rings. The first kappa shape index (κ1) is 18.6. The first-order valence-electron chi connectivity index (χ1n) is 9.75. The minimum Gasteiger partial charge on any atom is -0.726 e. The number of hydrogen-bond donors (Lipinski definition) is 0. The second-order valence-electron chi connectivity index (χ2n) is 9.42. The topological polar surface area (TPSA) is 101 Å².